The van der Waals surface area contributed by atoms with Gasteiger partial charge in [-0.3, -0.25) is 4.79 Å². The number of halogens is 1. The second-order valence-corrected chi connectivity index (χ2v) is 6.56. The number of nitrogens with zero attached hydrogens (tertiary/aromatic N) is 3. The molecule has 0 bridgehead atoms. The Morgan fingerprint density at radius 3 is 2.54 bits per heavy atom. The van der Waals surface area contributed by atoms with Crippen molar-refractivity contribution in [1.82, 2.24) is 15.0 Å². The maximum Gasteiger partial charge on any atom is 0.263 e. The van der Waals surface area contributed by atoms with Crippen molar-refractivity contribution >= 4 is 17.5 Å². The number of aromatic nitrogens is 2. The largest absolute Gasteiger partial charge is 0.493 e. The van der Waals surface area contributed by atoms with Crippen LogP contribution in [-0.2, 0) is 11.3 Å². The van der Waals surface area contributed by atoms with Gasteiger partial charge in [0.05, 0.1) is 13.7 Å². The molecule has 1 aromatic heterocycles. The summed E-state index contributed by atoms with van der Waals surface area (Å²) in [6.45, 7) is 1.84. The van der Waals surface area contributed by atoms with Crippen LogP contribution in [0.4, 0.5) is 0 Å². The Kier molecular flexibility index (Phi) is 6.16. The van der Waals surface area contributed by atoms with Gasteiger partial charge in [0.2, 0.25) is 11.7 Å². The highest BCUT2D eigenvalue weighted by molar-refractivity contribution is 6.30. The molecule has 0 unspecified atom stereocenters. The number of para-hydroxylation sites is 2. The van der Waals surface area contributed by atoms with Gasteiger partial charge in [0, 0.05) is 17.6 Å². The van der Waals surface area contributed by atoms with E-state index in [4.69, 9.17) is 25.6 Å². The van der Waals surface area contributed by atoms with E-state index < -0.39 is 6.10 Å². The molecule has 7 nitrogen and oxygen atoms in total. The van der Waals surface area contributed by atoms with Crippen molar-refractivity contribution in [3.05, 3.63) is 59.4 Å². The highest BCUT2D eigenvalue weighted by Crippen LogP contribution is 2.27. The van der Waals surface area contributed by atoms with Crippen LogP contribution >= 0.6 is 11.6 Å². The third-order valence-corrected chi connectivity index (χ3v) is 4.29. The van der Waals surface area contributed by atoms with Gasteiger partial charge in [-0.2, -0.15) is 4.98 Å². The topological polar surface area (TPSA) is 77.7 Å². The van der Waals surface area contributed by atoms with Crippen LogP contribution in [0.25, 0.3) is 11.4 Å². The molecular weight excluding hydrogens is 382 g/mol. The van der Waals surface area contributed by atoms with E-state index in [2.05, 4.69) is 10.1 Å². The Labute approximate surface area is 167 Å². The molecule has 0 spiro atoms. The van der Waals surface area contributed by atoms with Crippen LogP contribution in [0.3, 0.4) is 0 Å². The quantitative estimate of drug-likeness (QED) is 0.598. The first-order valence-corrected chi connectivity index (χ1v) is 8.99. The number of methoxy groups -OCH3 is 1. The van der Waals surface area contributed by atoms with Crippen LogP contribution in [0.15, 0.2) is 53.1 Å². The molecule has 3 aromatic rings. The van der Waals surface area contributed by atoms with Gasteiger partial charge in [0.25, 0.3) is 5.91 Å². The molecule has 2 aromatic carbocycles. The summed E-state index contributed by atoms with van der Waals surface area (Å²) in [6.07, 6.45) is -0.708. The number of ether oxygens (including phenoxy) is 2. The highest BCUT2D eigenvalue weighted by atomic mass is 35.5. The molecule has 0 aliphatic rings. The van der Waals surface area contributed by atoms with Gasteiger partial charge < -0.3 is 18.9 Å². The van der Waals surface area contributed by atoms with Crippen molar-refractivity contribution in [2.24, 2.45) is 0 Å². The summed E-state index contributed by atoms with van der Waals surface area (Å²) in [5.41, 5.74) is 0.779. The van der Waals surface area contributed by atoms with Crippen molar-refractivity contribution < 1.29 is 18.8 Å². The third-order valence-electron chi connectivity index (χ3n) is 4.04. The Hall–Kier alpha value is -3.06. The predicted molar refractivity (Wildman–Crippen MR) is 104 cm³/mol. The number of rotatable bonds is 7. The molecule has 1 atom stereocenters. The fourth-order valence-electron chi connectivity index (χ4n) is 2.58. The Bertz CT molecular complexity index is 943. The van der Waals surface area contributed by atoms with E-state index in [9.17, 15) is 4.79 Å². The maximum atomic E-state index is 12.6. The number of hydrogen-bond donors (Lipinski definition) is 0. The minimum atomic E-state index is -0.708. The summed E-state index contributed by atoms with van der Waals surface area (Å²) in [5.74, 6) is 1.60. The Balaban J connectivity index is 1.63. The lowest BCUT2D eigenvalue weighted by Crippen LogP contribution is -2.37. The van der Waals surface area contributed by atoms with E-state index in [1.165, 1.54) is 4.90 Å². The van der Waals surface area contributed by atoms with Gasteiger partial charge in [0.1, 0.15) is 0 Å². The summed E-state index contributed by atoms with van der Waals surface area (Å²) in [6, 6.07) is 14.3. The zero-order valence-electron chi connectivity index (χ0n) is 15.8. The molecule has 1 amide bonds. The number of benzene rings is 2. The van der Waals surface area contributed by atoms with Gasteiger partial charge >= 0.3 is 0 Å². The van der Waals surface area contributed by atoms with Gasteiger partial charge in [-0.1, -0.05) is 28.9 Å². The van der Waals surface area contributed by atoms with Crippen LogP contribution in [0.5, 0.6) is 11.5 Å². The van der Waals surface area contributed by atoms with Gasteiger partial charge in [-0.25, -0.2) is 0 Å². The molecule has 28 heavy (non-hydrogen) atoms. The van der Waals surface area contributed by atoms with E-state index in [1.54, 1.807) is 57.5 Å². The van der Waals surface area contributed by atoms with Crippen LogP contribution < -0.4 is 9.47 Å². The SMILES string of the molecule is COc1ccccc1O[C@@H](C)C(=O)N(C)Cc1nc(-c2ccc(Cl)cc2)no1. The number of amides is 1. The van der Waals surface area contributed by atoms with Gasteiger partial charge in [-0.05, 0) is 43.3 Å². The lowest BCUT2D eigenvalue weighted by atomic mass is 10.2. The average molecular weight is 402 g/mol. The predicted octanol–water partition coefficient (Wildman–Crippen LogP) is 3.82. The Morgan fingerprint density at radius 2 is 1.86 bits per heavy atom. The third kappa shape index (κ3) is 4.61. The number of carbonyl (C=O) groups is 1. The zero-order chi connectivity index (χ0) is 20.1. The van der Waals surface area contributed by atoms with E-state index in [1.807, 2.05) is 12.1 Å². The first kappa shape index (κ1) is 19.7. The molecule has 0 radical (unpaired) electrons. The van der Waals surface area contributed by atoms with Crippen molar-refractivity contribution in [3.63, 3.8) is 0 Å². The lowest BCUT2D eigenvalue weighted by molar-refractivity contribution is -0.137. The van der Waals surface area contributed by atoms with Crippen LogP contribution in [0, 0.1) is 0 Å². The average Bonchev–Trinajstić information content (AvgIpc) is 3.16. The van der Waals surface area contributed by atoms with Crippen molar-refractivity contribution in [2.75, 3.05) is 14.2 Å². The summed E-state index contributed by atoms with van der Waals surface area (Å²) < 4.78 is 16.2. The molecule has 0 aliphatic carbocycles. The molecule has 0 saturated carbocycles. The Morgan fingerprint density at radius 1 is 1.18 bits per heavy atom. The molecule has 146 valence electrons. The fourth-order valence-corrected chi connectivity index (χ4v) is 2.71. The highest BCUT2D eigenvalue weighted by Gasteiger charge is 2.22. The molecule has 1 heterocycles. The molecule has 0 saturated heterocycles. The normalized spacial score (nSPS) is 11.7. The standard InChI is InChI=1S/C20H20ClN3O4/c1-13(27-17-7-5-4-6-16(17)26-3)20(25)24(2)12-18-22-19(23-28-18)14-8-10-15(21)11-9-14/h4-11,13H,12H2,1-3H3/t13-/m0/s1. The summed E-state index contributed by atoms with van der Waals surface area (Å²) in [7, 11) is 3.20. The molecule has 0 fully saturated rings. The fraction of sp³-hybridized carbons (Fsp3) is 0.250. The van der Waals surface area contributed by atoms with Crippen molar-refractivity contribution in [3.8, 4) is 22.9 Å². The lowest BCUT2D eigenvalue weighted by Gasteiger charge is -2.21. The van der Waals surface area contributed by atoms with E-state index in [0.717, 1.165) is 5.56 Å². The van der Waals surface area contributed by atoms with Gasteiger partial charge in [0.15, 0.2) is 17.6 Å². The zero-order valence-corrected chi connectivity index (χ0v) is 16.5. The minimum absolute atomic E-state index is 0.166. The van der Waals surface area contributed by atoms with Crippen LogP contribution in [-0.4, -0.2) is 41.2 Å². The number of carbonyl (C=O) groups excluding carboxylic acids is 1. The smallest absolute Gasteiger partial charge is 0.263 e. The second kappa shape index (κ2) is 8.75. The maximum absolute atomic E-state index is 12.6. The number of hydrogen-bond acceptors (Lipinski definition) is 6. The summed E-state index contributed by atoms with van der Waals surface area (Å²) >= 11 is 5.89. The minimum Gasteiger partial charge on any atom is -0.493 e. The van der Waals surface area contributed by atoms with E-state index in [0.29, 0.717) is 28.2 Å². The van der Waals surface area contributed by atoms with E-state index in [-0.39, 0.29) is 12.5 Å². The van der Waals surface area contributed by atoms with Crippen molar-refractivity contribution in [1.29, 1.82) is 0 Å². The summed E-state index contributed by atoms with van der Waals surface area (Å²) in [4.78, 5) is 18.4. The van der Waals surface area contributed by atoms with Crippen molar-refractivity contribution in [2.45, 2.75) is 19.6 Å². The molecular formula is C20H20ClN3O4. The van der Waals surface area contributed by atoms with Gasteiger partial charge in [-0.15, -0.1) is 0 Å². The monoisotopic (exact) mass is 401 g/mol. The second-order valence-electron chi connectivity index (χ2n) is 6.12. The molecule has 0 aliphatic heterocycles. The molecule has 8 heteroatoms. The number of likely N-dealkylation sites (N-methyl/N-ethyl adjacent to an activating group) is 1. The van der Waals surface area contributed by atoms with Crippen LogP contribution in [0.1, 0.15) is 12.8 Å². The first-order valence-electron chi connectivity index (χ1n) is 8.61. The van der Waals surface area contributed by atoms with Crippen LogP contribution in [0.2, 0.25) is 5.02 Å². The first-order chi connectivity index (χ1) is 13.5. The van der Waals surface area contributed by atoms with E-state index >= 15 is 0 Å². The molecule has 0 N–H and O–H groups in total. The summed E-state index contributed by atoms with van der Waals surface area (Å²) in [5, 5.41) is 4.58. The molecule has 3 rings (SSSR count).